The summed E-state index contributed by atoms with van der Waals surface area (Å²) in [4.78, 5) is 5.23. The first-order chi connectivity index (χ1) is 26.8. The van der Waals surface area contributed by atoms with Crippen molar-refractivity contribution in [3.8, 4) is 11.1 Å². The number of rotatable bonds is 5. The molecule has 8 aromatic rings. The van der Waals surface area contributed by atoms with Crippen molar-refractivity contribution in [2.75, 3.05) is 0 Å². The van der Waals surface area contributed by atoms with Crippen LogP contribution in [0, 0.1) is 5.92 Å². The van der Waals surface area contributed by atoms with E-state index in [2.05, 4.69) is 162 Å². The van der Waals surface area contributed by atoms with Gasteiger partial charge in [0.1, 0.15) is 34.2 Å². The van der Waals surface area contributed by atoms with Gasteiger partial charge in [-0.1, -0.05) is 146 Å². The van der Waals surface area contributed by atoms with E-state index in [1.165, 1.54) is 27.0 Å². The average molecular weight is 700 g/mol. The van der Waals surface area contributed by atoms with Crippen LogP contribution in [0.25, 0.3) is 66.5 Å². The monoisotopic (exact) mass is 699 g/mol. The molecule has 5 nitrogen and oxygen atoms in total. The van der Waals surface area contributed by atoms with Crippen molar-refractivity contribution in [1.29, 1.82) is 0 Å². The lowest BCUT2D eigenvalue weighted by Gasteiger charge is -2.36. The third-order valence-corrected chi connectivity index (χ3v) is 11.4. The smallest absolute Gasteiger partial charge is 0.143 e. The highest BCUT2D eigenvalue weighted by Crippen LogP contribution is 2.40. The van der Waals surface area contributed by atoms with E-state index in [4.69, 9.17) is 13.8 Å². The first-order valence-corrected chi connectivity index (χ1v) is 18.9. The molecule has 3 unspecified atom stereocenters. The van der Waals surface area contributed by atoms with Crippen LogP contribution in [0.2, 0.25) is 0 Å². The van der Waals surface area contributed by atoms with Gasteiger partial charge in [0, 0.05) is 49.6 Å². The van der Waals surface area contributed by atoms with Crippen molar-refractivity contribution in [3.63, 3.8) is 0 Å². The Morgan fingerprint density at radius 3 is 2.31 bits per heavy atom. The number of aliphatic imine (C=N–C) groups is 1. The number of allylic oxidation sites excluding steroid dienone is 3. The van der Waals surface area contributed by atoms with Crippen molar-refractivity contribution >= 4 is 61.2 Å². The van der Waals surface area contributed by atoms with Gasteiger partial charge in [0.15, 0.2) is 0 Å². The Labute approximate surface area is 312 Å². The highest BCUT2D eigenvalue weighted by atomic mass is 16.3. The Bertz CT molecular complexity index is 3000. The van der Waals surface area contributed by atoms with Crippen LogP contribution in [-0.2, 0) is 0 Å². The number of hydrogen-bond acceptors (Lipinski definition) is 5. The van der Waals surface area contributed by atoms with Crippen LogP contribution in [-0.4, -0.2) is 12.0 Å². The van der Waals surface area contributed by atoms with Crippen LogP contribution in [0.5, 0.6) is 0 Å². The molecule has 3 aliphatic rings. The van der Waals surface area contributed by atoms with Crippen LogP contribution in [0.4, 0.5) is 0 Å². The standard InChI is InChI=1S/C49H37N3O2/c1-3-14-31(15-4-1)47-50-48(32-16-5-2-6-17-32)52-49(51-47)34-19-9-18-33(29-34)36-21-10-22-37-38-23-11-24-39(45(38)54-44(36)37)40-25-12-26-41-43-35-20-8-7-13-30(35)27-28-42(43)53-46(40)41/h1-11,13-16,18-24,26-29,32,48-49,52H,12,17,25H2,(H,50,51). The van der Waals surface area contributed by atoms with E-state index in [-0.39, 0.29) is 12.3 Å². The van der Waals surface area contributed by atoms with Gasteiger partial charge in [-0.2, -0.15) is 0 Å². The maximum absolute atomic E-state index is 7.00. The van der Waals surface area contributed by atoms with E-state index in [0.717, 1.165) is 85.9 Å². The molecule has 0 saturated heterocycles. The third-order valence-electron chi connectivity index (χ3n) is 11.4. The molecule has 0 bridgehead atoms. The van der Waals surface area contributed by atoms with Crippen molar-refractivity contribution < 1.29 is 8.83 Å². The zero-order chi connectivity index (χ0) is 35.6. The molecular formula is C49H37N3O2. The fraction of sp³-hybridized carbons (Fsp3) is 0.122. The summed E-state index contributed by atoms with van der Waals surface area (Å²) in [6, 6.07) is 45.0. The summed E-state index contributed by atoms with van der Waals surface area (Å²) in [6.07, 6.45) is 13.7. The Morgan fingerprint density at radius 1 is 0.667 bits per heavy atom. The maximum Gasteiger partial charge on any atom is 0.143 e. The second kappa shape index (κ2) is 12.6. The lowest BCUT2D eigenvalue weighted by molar-refractivity contribution is 0.328. The molecule has 3 heterocycles. The molecule has 11 rings (SSSR count). The fourth-order valence-electron chi connectivity index (χ4n) is 8.77. The molecule has 260 valence electrons. The van der Waals surface area contributed by atoms with Crippen LogP contribution >= 0.6 is 0 Å². The van der Waals surface area contributed by atoms with Gasteiger partial charge in [0.2, 0.25) is 0 Å². The lowest BCUT2D eigenvalue weighted by atomic mass is 9.94. The maximum atomic E-state index is 7.00. The molecule has 0 spiro atoms. The minimum atomic E-state index is -0.221. The fourth-order valence-corrected chi connectivity index (χ4v) is 8.77. The van der Waals surface area contributed by atoms with Crippen molar-refractivity contribution in [2.24, 2.45) is 10.9 Å². The quantitative estimate of drug-likeness (QED) is 0.188. The number of nitrogens with zero attached hydrogens (tertiary/aromatic N) is 1. The van der Waals surface area contributed by atoms with Gasteiger partial charge in [-0.3, -0.25) is 5.32 Å². The van der Waals surface area contributed by atoms with E-state index >= 15 is 0 Å². The molecule has 1 aliphatic heterocycles. The second-order valence-corrected chi connectivity index (χ2v) is 14.6. The summed E-state index contributed by atoms with van der Waals surface area (Å²) in [5.41, 5.74) is 10.3. The second-order valence-electron chi connectivity index (χ2n) is 14.6. The summed E-state index contributed by atoms with van der Waals surface area (Å²) in [5.74, 6) is 1.21. The number of fused-ring (bicyclic) bond motifs is 8. The van der Waals surface area contributed by atoms with Gasteiger partial charge in [-0.05, 0) is 53.3 Å². The van der Waals surface area contributed by atoms with Crippen LogP contribution in [0.15, 0.2) is 166 Å². The minimum absolute atomic E-state index is 0.0330. The molecule has 3 atom stereocenters. The molecule has 0 fully saturated rings. The Morgan fingerprint density at radius 2 is 1.44 bits per heavy atom. The molecule has 54 heavy (non-hydrogen) atoms. The van der Waals surface area contributed by atoms with E-state index in [1.54, 1.807) is 0 Å². The minimum Gasteiger partial charge on any atom is -0.456 e. The summed E-state index contributed by atoms with van der Waals surface area (Å²) < 4.78 is 13.7. The zero-order valence-corrected chi connectivity index (χ0v) is 29.6. The van der Waals surface area contributed by atoms with E-state index < -0.39 is 0 Å². The van der Waals surface area contributed by atoms with Gasteiger partial charge in [-0.15, -0.1) is 0 Å². The number of para-hydroxylation sites is 2. The van der Waals surface area contributed by atoms with Crippen LogP contribution in [0.1, 0.15) is 42.1 Å². The number of hydrogen-bond donors (Lipinski definition) is 2. The normalized spacial score (nSPS) is 19.6. The number of furan rings is 2. The molecule has 2 aliphatic carbocycles. The first-order valence-electron chi connectivity index (χ1n) is 18.9. The summed E-state index contributed by atoms with van der Waals surface area (Å²) in [7, 11) is 0. The molecule has 0 amide bonds. The predicted molar refractivity (Wildman–Crippen MR) is 221 cm³/mol. The van der Waals surface area contributed by atoms with Crippen molar-refractivity contribution in [2.45, 2.75) is 31.6 Å². The van der Waals surface area contributed by atoms with Gasteiger partial charge < -0.3 is 14.2 Å². The van der Waals surface area contributed by atoms with Crippen LogP contribution in [0.3, 0.4) is 0 Å². The zero-order valence-electron chi connectivity index (χ0n) is 29.6. The van der Waals surface area contributed by atoms with Crippen LogP contribution < -0.4 is 21.3 Å². The van der Waals surface area contributed by atoms with Gasteiger partial charge >= 0.3 is 0 Å². The van der Waals surface area contributed by atoms with E-state index in [1.807, 2.05) is 6.07 Å². The van der Waals surface area contributed by atoms with Crippen molar-refractivity contribution in [3.05, 3.63) is 179 Å². The van der Waals surface area contributed by atoms with E-state index in [0.29, 0.717) is 5.92 Å². The summed E-state index contributed by atoms with van der Waals surface area (Å²) >= 11 is 0. The first kappa shape index (κ1) is 31.1. The molecule has 2 N–H and O–H groups in total. The SMILES string of the molecule is C1=CCC(C2NC(c3ccccc3)=NC(c3cccc(-c4cccc5c4oc4c(C6=c7oc8ccc9ccccc9c8c7=CCC6)cccc45)c3)N2)C=C1. The topological polar surface area (TPSA) is 62.7 Å². The summed E-state index contributed by atoms with van der Waals surface area (Å²) in [6.45, 7) is 0. The Balaban J connectivity index is 1.03. The molecule has 0 radical (unpaired) electrons. The number of nitrogens with one attached hydrogen (secondary N) is 2. The highest BCUT2D eigenvalue weighted by molar-refractivity contribution is 6.12. The molecular weight excluding hydrogens is 663 g/mol. The Kier molecular flexibility index (Phi) is 7.27. The molecule has 5 heteroatoms. The molecule has 0 saturated carbocycles. The van der Waals surface area contributed by atoms with Gasteiger partial charge in [-0.25, -0.2) is 4.99 Å². The Hall–Kier alpha value is -6.43. The van der Waals surface area contributed by atoms with Gasteiger partial charge in [0.25, 0.3) is 0 Å². The summed E-state index contributed by atoms with van der Waals surface area (Å²) in [5, 5.41) is 14.6. The van der Waals surface area contributed by atoms with E-state index in [9.17, 15) is 0 Å². The highest BCUT2D eigenvalue weighted by Gasteiger charge is 2.29. The largest absolute Gasteiger partial charge is 0.456 e. The van der Waals surface area contributed by atoms with Crippen molar-refractivity contribution in [1.82, 2.24) is 10.6 Å². The predicted octanol–water partition coefficient (Wildman–Crippen LogP) is 10.0. The van der Waals surface area contributed by atoms with Gasteiger partial charge in [0.05, 0.1) is 6.17 Å². The third kappa shape index (κ3) is 5.07. The lowest BCUT2D eigenvalue weighted by Crippen LogP contribution is -2.54. The average Bonchev–Trinajstić information content (AvgIpc) is 3.83. The molecule has 6 aromatic carbocycles. The number of benzene rings is 6. The number of amidine groups is 1. The molecule has 2 aromatic heterocycles.